The summed E-state index contributed by atoms with van der Waals surface area (Å²) >= 11 is 0. The molecule has 19 heavy (non-hydrogen) atoms. The molecule has 0 aliphatic heterocycles. The van der Waals surface area contributed by atoms with Gasteiger partial charge in [0.2, 0.25) is 0 Å². The zero-order valence-corrected chi connectivity index (χ0v) is 11.2. The Morgan fingerprint density at radius 1 is 1.16 bits per heavy atom. The number of nitrogens with zero attached hydrogens (tertiary/aromatic N) is 2. The summed E-state index contributed by atoms with van der Waals surface area (Å²) in [6.45, 7) is 0. The fourth-order valence-corrected chi connectivity index (χ4v) is 2.83. The third-order valence-corrected chi connectivity index (χ3v) is 4.05. The highest BCUT2D eigenvalue weighted by atomic mass is 14.9. The predicted molar refractivity (Wildman–Crippen MR) is 76.0 cm³/mol. The molecule has 1 aromatic heterocycles. The summed E-state index contributed by atoms with van der Waals surface area (Å²) < 4.78 is 0. The lowest BCUT2D eigenvalue weighted by Crippen LogP contribution is -2.22. The minimum absolute atomic E-state index is 0.179. The highest BCUT2D eigenvalue weighted by molar-refractivity contribution is 5.38. The van der Waals surface area contributed by atoms with Gasteiger partial charge in [-0.05, 0) is 36.9 Å². The number of benzene rings is 1. The Labute approximate surface area is 114 Å². The van der Waals surface area contributed by atoms with E-state index in [9.17, 15) is 0 Å². The molecule has 98 valence electrons. The monoisotopic (exact) mass is 253 g/mol. The van der Waals surface area contributed by atoms with Gasteiger partial charge in [0.15, 0.2) is 0 Å². The molecule has 3 heteroatoms. The molecule has 0 radical (unpaired) electrons. The molecule has 1 fully saturated rings. The van der Waals surface area contributed by atoms with Gasteiger partial charge in [-0.25, -0.2) is 9.97 Å². The van der Waals surface area contributed by atoms with Crippen molar-refractivity contribution in [3.8, 4) is 0 Å². The highest BCUT2D eigenvalue weighted by Crippen LogP contribution is 2.40. The molecular weight excluding hydrogens is 234 g/mol. The summed E-state index contributed by atoms with van der Waals surface area (Å²) in [5, 5.41) is 3.40. The van der Waals surface area contributed by atoms with Crippen molar-refractivity contribution < 1.29 is 0 Å². The number of nitrogens with one attached hydrogen (secondary N) is 1. The lowest BCUT2D eigenvalue weighted by atomic mass is 9.76. The molecule has 0 spiro atoms. The standard InChI is InChI=1S/C16H19N3/c1-17-16(13-9-18-11-19-10-13)15-8-3-2-7-14(15)12-5-4-6-12/h2-3,7-12,16-17H,4-6H2,1H3. The molecule has 3 nitrogen and oxygen atoms in total. The van der Waals surface area contributed by atoms with E-state index in [4.69, 9.17) is 0 Å². The normalized spacial score (nSPS) is 16.9. The first-order valence-electron chi connectivity index (χ1n) is 6.91. The van der Waals surface area contributed by atoms with Gasteiger partial charge in [-0.2, -0.15) is 0 Å². The van der Waals surface area contributed by atoms with Gasteiger partial charge in [0.25, 0.3) is 0 Å². The van der Waals surface area contributed by atoms with Crippen LogP contribution in [0.15, 0.2) is 43.0 Å². The minimum Gasteiger partial charge on any atom is -0.309 e. The van der Waals surface area contributed by atoms with E-state index >= 15 is 0 Å². The maximum absolute atomic E-state index is 4.14. The molecule has 1 aliphatic rings. The van der Waals surface area contributed by atoms with Crippen LogP contribution in [0.2, 0.25) is 0 Å². The zero-order chi connectivity index (χ0) is 13.1. The first-order valence-corrected chi connectivity index (χ1v) is 6.91. The van der Waals surface area contributed by atoms with Crippen molar-refractivity contribution in [1.29, 1.82) is 0 Å². The molecule has 0 amide bonds. The summed E-state index contributed by atoms with van der Waals surface area (Å²) in [7, 11) is 2.00. The summed E-state index contributed by atoms with van der Waals surface area (Å²) in [5.41, 5.74) is 3.97. The largest absolute Gasteiger partial charge is 0.309 e. The van der Waals surface area contributed by atoms with Crippen molar-refractivity contribution in [2.75, 3.05) is 7.05 Å². The van der Waals surface area contributed by atoms with E-state index in [1.54, 1.807) is 6.33 Å². The molecule has 1 aromatic carbocycles. The number of rotatable bonds is 4. The second kappa shape index (κ2) is 5.49. The Balaban J connectivity index is 1.99. The molecule has 0 saturated heterocycles. The molecule has 1 N–H and O–H groups in total. The summed E-state index contributed by atoms with van der Waals surface area (Å²) in [6.07, 6.45) is 9.36. The molecule has 0 bridgehead atoms. The SMILES string of the molecule is CNC(c1cncnc1)c1ccccc1C1CCC1. The van der Waals surface area contributed by atoms with Crippen molar-refractivity contribution >= 4 is 0 Å². The van der Waals surface area contributed by atoms with Gasteiger partial charge >= 0.3 is 0 Å². The summed E-state index contributed by atoms with van der Waals surface area (Å²) in [6, 6.07) is 8.93. The van der Waals surface area contributed by atoms with Crippen LogP contribution in [-0.2, 0) is 0 Å². The predicted octanol–water partition coefficient (Wildman–Crippen LogP) is 3.05. The van der Waals surface area contributed by atoms with E-state index in [1.165, 1.54) is 30.4 Å². The third kappa shape index (κ3) is 2.38. The molecular formula is C16H19N3. The van der Waals surface area contributed by atoms with E-state index in [0.717, 1.165) is 11.5 Å². The Kier molecular flexibility index (Phi) is 3.56. The molecule has 1 heterocycles. The van der Waals surface area contributed by atoms with Crippen LogP contribution in [-0.4, -0.2) is 17.0 Å². The van der Waals surface area contributed by atoms with E-state index in [0.29, 0.717) is 0 Å². The second-order valence-corrected chi connectivity index (χ2v) is 5.15. The van der Waals surface area contributed by atoms with Gasteiger partial charge in [0, 0.05) is 18.0 Å². The smallest absolute Gasteiger partial charge is 0.115 e. The van der Waals surface area contributed by atoms with Gasteiger partial charge in [0.1, 0.15) is 6.33 Å². The summed E-state index contributed by atoms with van der Waals surface area (Å²) in [5.74, 6) is 0.733. The fraction of sp³-hybridized carbons (Fsp3) is 0.375. The van der Waals surface area contributed by atoms with Gasteiger partial charge in [-0.15, -0.1) is 0 Å². The van der Waals surface area contributed by atoms with E-state index < -0.39 is 0 Å². The third-order valence-electron chi connectivity index (χ3n) is 4.05. The lowest BCUT2D eigenvalue weighted by molar-refractivity contribution is 0.415. The maximum Gasteiger partial charge on any atom is 0.115 e. The second-order valence-electron chi connectivity index (χ2n) is 5.15. The van der Waals surface area contributed by atoms with Crippen molar-refractivity contribution in [2.45, 2.75) is 31.2 Å². The van der Waals surface area contributed by atoms with Gasteiger partial charge in [-0.1, -0.05) is 30.7 Å². The minimum atomic E-state index is 0.179. The van der Waals surface area contributed by atoms with E-state index in [1.807, 2.05) is 19.4 Å². The average molecular weight is 253 g/mol. The highest BCUT2D eigenvalue weighted by Gasteiger charge is 2.25. The van der Waals surface area contributed by atoms with Crippen LogP contribution >= 0.6 is 0 Å². The van der Waals surface area contributed by atoms with Gasteiger partial charge in [-0.3, -0.25) is 0 Å². The number of hydrogen-bond acceptors (Lipinski definition) is 3. The molecule has 2 aromatic rings. The first kappa shape index (κ1) is 12.3. The fourth-order valence-electron chi connectivity index (χ4n) is 2.83. The van der Waals surface area contributed by atoms with E-state index in [2.05, 4.69) is 39.6 Å². The Bertz CT molecular complexity index is 535. The molecule has 1 aliphatic carbocycles. The van der Waals surface area contributed by atoms with Crippen molar-refractivity contribution in [1.82, 2.24) is 15.3 Å². The van der Waals surface area contributed by atoms with Crippen LogP contribution in [0, 0.1) is 0 Å². The molecule has 3 rings (SSSR count). The topological polar surface area (TPSA) is 37.8 Å². The Morgan fingerprint density at radius 2 is 1.89 bits per heavy atom. The van der Waals surface area contributed by atoms with Crippen molar-refractivity contribution in [3.05, 3.63) is 59.7 Å². The zero-order valence-electron chi connectivity index (χ0n) is 11.2. The Hall–Kier alpha value is -1.74. The lowest BCUT2D eigenvalue weighted by Gasteiger charge is -2.30. The quantitative estimate of drug-likeness (QED) is 0.910. The molecule has 1 saturated carbocycles. The van der Waals surface area contributed by atoms with Crippen LogP contribution in [0.5, 0.6) is 0 Å². The Morgan fingerprint density at radius 3 is 2.53 bits per heavy atom. The molecule has 1 atom stereocenters. The number of aromatic nitrogens is 2. The number of hydrogen-bond donors (Lipinski definition) is 1. The van der Waals surface area contributed by atoms with Gasteiger partial charge in [0.05, 0.1) is 6.04 Å². The van der Waals surface area contributed by atoms with Crippen LogP contribution in [0.1, 0.15) is 47.9 Å². The van der Waals surface area contributed by atoms with Crippen molar-refractivity contribution in [3.63, 3.8) is 0 Å². The van der Waals surface area contributed by atoms with E-state index in [-0.39, 0.29) is 6.04 Å². The summed E-state index contributed by atoms with van der Waals surface area (Å²) in [4.78, 5) is 8.27. The van der Waals surface area contributed by atoms with Crippen LogP contribution in [0.4, 0.5) is 0 Å². The molecule has 1 unspecified atom stereocenters. The maximum atomic E-state index is 4.14. The van der Waals surface area contributed by atoms with Crippen LogP contribution in [0.25, 0.3) is 0 Å². The van der Waals surface area contributed by atoms with Gasteiger partial charge < -0.3 is 5.32 Å². The van der Waals surface area contributed by atoms with Crippen LogP contribution < -0.4 is 5.32 Å². The average Bonchev–Trinajstić information content (AvgIpc) is 2.41. The first-order chi connectivity index (χ1) is 9.40. The van der Waals surface area contributed by atoms with Crippen molar-refractivity contribution in [2.24, 2.45) is 0 Å². The van der Waals surface area contributed by atoms with Crippen LogP contribution in [0.3, 0.4) is 0 Å².